The van der Waals surface area contributed by atoms with Crippen LogP contribution in [0.2, 0.25) is 10.0 Å². The number of benzene rings is 4. The molecule has 5 heteroatoms. The number of rotatable bonds is 5. The van der Waals surface area contributed by atoms with Gasteiger partial charge in [0.05, 0.1) is 5.92 Å². The van der Waals surface area contributed by atoms with E-state index in [-0.39, 0.29) is 11.7 Å². The van der Waals surface area contributed by atoms with Gasteiger partial charge in [-0.25, -0.2) is 4.98 Å². The molecule has 1 heterocycles. The zero-order chi connectivity index (χ0) is 25.1. The highest BCUT2D eigenvalue weighted by atomic mass is 35.5. The normalized spacial score (nSPS) is 19.3. The Morgan fingerprint density at radius 3 is 2.59 bits per heavy atom. The summed E-state index contributed by atoms with van der Waals surface area (Å²) in [5, 5.41) is 6.01. The topological polar surface area (TPSA) is 43.1 Å². The fourth-order valence-electron chi connectivity index (χ4n) is 6.35. The summed E-state index contributed by atoms with van der Waals surface area (Å²) < 4.78 is 5.74. The van der Waals surface area contributed by atoms with Crippen LogP contribution in [-0.4, -0.2) is 10.8 Å². The summed E-state index contributed by atoms with van der Waals surface area (Å²) in [7, 11) is 0. The van der Waals surface area contributed by atoms with E-state index in [0.29, 0.717) is 33.8 Å². The Morgan fingerprint density at radius 2 is 1.73 bits per heavy atom. The van der Waals surface area contributed by atoms with Crippen LogP contribution in [0.1, 0.15) is 70.5 Å². The first-order chi connectivity index (χ1) is 18.1. The summed E-state index contributed by atoms with van der Waals surface area (Å²) in [5.74, 6) is 1.56. The first-order valence-corrected chi connectivity index (χ1v) is 13.7. The molecule has 1 fully saturated rings. The van der Waals surface area contributed by atoms with Crippen LogP contribution in [0, 0.1) is 5.92 Å². The Hall–Kier alpha value is -3.14. The fraction of sp³-hybridized carbons (Fsp3) is 0.250. The minimum Gasteiger partial charge on any atom is -0.447 e. The SMILES string of the molecule is O=C(c1ncoc1Cc1cc(Cl)ccc1Cl)C1CCC(C2CC2)c2ccc3c(ccc4ccccc43)c21. The van der Waals surface area contributed by atoms with Gasteiger partial charge in [-0.2, -0.15) is 0 Å². The van der Waals surface area contributed by atoms with Crippen molar-refractivity contribution < 1.29 is 9.21 Å². The molecule has 0 N–H and O–H groups in total. The second-order valence-corrected chi connectivity index (χ2v) is 11.3. The van der Waals surface area contributed by atoms with Gasteiger partial charge in [-0.3, -0.25) is 4.79 Å². The third kappa shape index (κ3) is 3.96. The third-order valence-corrected chi connectivity index (χ3v) is 8.86. The van der Waals surface area contributed by atoms with E-state index in [1.165, 1.54) is 51.9 Å². The maximum Gasteiger partial charge on any atom is 0.192 e. The Morgan fingerprint density at radius 1 is 0.892 bits per heavy atom. The molecule has 3 nitrogen and oxygen atoms in total. The molecule has 0 spiro atoms. The zero-order valence-electron chi connectivity index (χ0n) is 20.2. The molecule has 2 aliphatic rings. The number of hydrogen-bond donors (Lipinski definition) is 0. The molecular formula is C32H25Cl2NO2. The number of halogens is 2. The van der Waals surface area contributed by atoms with Gasteiger partial charge in [-0.1, -0.05) is 71.7 Å². The monoisotopic (exact) mass is 525 g/mol. The van der Waals surface area contributed by atoms with Crippen LogP contribution in [-0.2, 0) is 6.42 Å². The van der Waals surface area contributed by atoms with E-state index in [4.69, 9.17) is 27.6 Å². The summed E-state index contributed by atoms with van der Waals surface area (Å²) in [6.07, 6.45) is 6.15. The molecular weight excluding hydrogens is 501 g/mol. The van der Waals surface area contributed by atoms with Gasteiger partial charge in [-0.15, -0.1) is 0 Å². The molecule has 5 aromatic rings. The number of carbonyl (C=O) groups excluding carboxylic acids is 1. The van der Waals surface area contributed by atoms with Crippen LogP contribution in [0.4, 0.5) is 0 Å². The molecule has 4 aromatic carbocycles. The average molecular weight is 526 g/mol. The predicted molar refractivity (Wildman–Crippen MR) is 149 cm³/mol. The van der Waals surface area contributed by atoms with Crippen LogP contribution in [0.5, 0.6) is 0 Å². The van der Waals surface area contributed by atoms with Crippen molar-refractivity contribution in [3.05, 3.63) is 111 Å². The molecule has 7 rings (SSSR count). The van der Waals surface area contributed by atoms with Crippen molar-refractivity contribution in [1.82, 2.24) is 4.98 Å². The number of hydrogen-bond acceptors (Lipinski definition) is 3. The molecule has 0 saturated heterocycles. The van der Waals surface area contributed by atoms with Crippen LogP contribution in [0.15, 0.2) is 77.5 Å². The van der Waals surface area contributed by atoms with Crippen molar-refractivity contribution in [2.24, 2.45) is 5.92 Å². The van der Waals surface area contributed by atoms with E-state index in [1.54, 1.807) is 12.1 Å². The highest BCUT2D eigenvalue weighted by Crippen LogP contribution is 2.53. The first kappa shape index (κ1) is 23.0. The summed E-state index contributed by atoms with van der Waals surface area (Å²) in [6, 6.07) is 22.8. The van der Waals surface area contributed by atoms with Gasteiger partial charge in [0.1, 0.15) is 11.5 Å². The lowest BCUT2D eigenvalue weighted by molar-refractivity contribution is 0.0942. The minimum absolute atomic E-state index is 0.0260. The maximum atomic E-state index is 14.2. The predicted octanol–water partition coefficient (Wildman–Crippen LogP) is 9.13. The number of fused-ring (bicyclic) bond motifs is 5. The van der Waals surface area contributed by atoms with Crippen molar-refractivity contribution in [2.75, 3.05) is 0 Å². The number of ketones is 1. The van der Waals surface area contributed by atoms with Gasteiger partial charge < -0.3 is 4.42 Å². The lowest BCUT2D eigenvalue weighted by Gasteiger charge is -2.32. The van der Waals surface area contributed by atoms with Gasteiger partial charge in [0.15, 0.2) is 12.2 Å². The summed E-state index contributed by atoms with van der Waals surface area (Å²) in [6.45, 7) is 0. The van der Waals surface area contributed by atoms with Crippen LogP contribution in [0.25, 0.3) is 21.5 Å². The maximum absolute atomic E-state index is 14.2. The second-order valence-electron chi connectivity index (χ2n) is 10.4. The number of aromatic nitrogens is 1. The molecule has 2 unspecified atom stereocenters. The van der Waals surface area contributed by atoms with E-state index in [0.717, 1.165) is 24.3 Å². The van der Waals surface area contributed by atoms with Gasteiger partial charge in [0, 0.05) is 16.5 Å². The Balaban J connectivity index is 1.35. The van der Waals surface area contributed by atoms with Gasteiger partial charge in [0.2, 0.25) is 0 Å². The Bertz CT molecular complexity index is 1680. The summed E-state index contributed by atoms with van der Waals surface area (Å²) in [5.41, 5.74) is 3.74. The smallest absolute Gasteiger partial charge is 0.192 e. The van der Waals surface area contributed by atoms with Crippen LogP contribution < -0.4 is 0 Å². The average Bonchev–Trinajstić information content (AvgIpc) is 3.67. The molecule has 1 saturated carbocycles. The molecule has 2 atom stereocenters. The van der Waals surface area contributed by atoms with E-state index >= 15 is 0 Å². The quantitative estimate of drug-likeness (QED) is 0.169. The lowest BCUT2D eigenvalue weighted by atomic mass is 9.71. The number of oxazole rings is 1. The molecule has 184 valence electrons. The van der Waals surface area contributed by atoms with Gasteiger partial charge >= 0.3 is 0 Å². The summed E-state index contributed by atoms with van der Waals surface area (Å²) in [4.78, 5) is 18.6. The van der Waals surface area contributed by atoms with Crippen molar-refractivity contribution in [1.29, 1.82) is 0 Å². The lowest BCUT2D eigenvalue weighted by Crippen LogP contribution is -2.23. The number of nitrogens with zero attached hydrogens (tertiary/aromatic N) is 1. The fourth-order valence-corrected chi connectivity index (χ4v) is 6.73. The second kappa shape index (κ2) is 9.01. The molecule has 2 aliphatic carbocycles. The Labute approximate surface area is 225 Å². The van der Waals surface area contributed by atoms with Crippen molar-refractivity contribution in [3.63, 3.8) is 0 Å². The number of carbonyl (C=O) groups is 1. The third-order valence-electron chi connectivity index (χ3n) is 8.26. The van der Waals surface area contributed by atoms with E-state index in [2.05, 4.69) is 53.5 Å². The molecule has 0 bridgehead atoms. The van der Waals surface area contributed by atoms with Crippen molar-refractivity contribution in [2.45, 2.75) is 43.9 Å². The molecule has 0 amide bonds. The van der Waals surface area contributed by atoms with E-state index in [9.17, 15) is 4.79 Å². The zero-order valence-corrected chi connectivity index (χ0v) is 21.7. The van der Waals surface area contributed by atoms with Gasteiger partial charge in [0.25, 0.3) is 0 Å². The summed E-state index contributed by atoms with van der Waals surface area (Å²) >= 11 is 12.6. The van der Waals surface area contributed by atoms with Gasteiger partial charge in [-0.05, 0) is 94.0 Å². The molecule has 0 radical (unpaired) electrons. The standard InChI is InChI=1S/C32H25Cl2NO2/c33-21-8-14-28(34)20(15-21)16-29-31(35-17-37-29)32(36)27-13-10-23(19-5-6-19)25-12-11-24-22-4-2-1-3-18(22)7-9-26(24)30(25)27/h1-4,7-9,11-12,14-15,17,19,23,27H,5-6,10,13,16H2. The largest absolute Gasteiger partial charge is 0.447 e. The highest BCUT2D eigenvalue weighted by molar-refractivity contribution is 6.33. The molecule has 0 aliphatic heterocycles. The first-order valence-electron chi connectivity index (χ1n) is 12.9. The van der Waals surface area contributed by atoms with Crippen molar-refractivity contribution >= 4 is 50.5 Å². The Kier molecular flexibility index (Phi) is 5.60. The number of Topliss-reactive ketones (excluding diaryl/α,β-unsaturated/α-hetero) is 1. The highest BCUT2D eigenvalue weighted by Gasteiger charge is 2.41. The van der Waals surface area contributed by atoms with Crippen LogP contribution in [0.3, 0.4) is 0 Å². The van der Waals surface area contributed by atoms with Crippen molar-refractivity contribution in [3.8, 4) is 0 Å². The van der Waals surface area contributed by atoms with E-state index < -0.39 is 0 Å². The van der Waals surface area contributed by atoms with Crippen LogP contribution >= 0.6 is 23.2 Å². The minimum atomic E-state index is -0.256. The molecule has 37 heavy (non-hydrogen) atoms. The molecule has 1 aromatic heterocycles. The van der Waals surface area contributed by atoms with E-state index in [1.807, 2.05) is 6.07 Å².